The number of aryl methyl sites for hydroxylation is 1. The van der Waals surface area contributed by atoms with E-state index in [1.807, 2.05) is 12.2 Å². The molecule has 1 aromatic carbocycles. The summed E-state index contributed by atoms with van der Waals surface area (Å²) in [5.74, 6) is -2.30. The van der Waals surface area contributed by atoms with E-state index in [9.17, 15) is 29.7 Å². The molecule has 0 unspecified atom stereocenters. The maximum atomic E-state index is 12.9. The Balaban J connectivity index is 2.36. The summed E-state index contributed by atoms with van der Waals surface area (Å²) in [7, 11) is 1.49. The van der Waals surface area contributed by atoms with E-state index in [0.29, 0.717) is 30.4 Å². The number of phenols is 2. The van der Waals surface area contributed by atoms with Crippen molar-refractivity contribution in [3.8, 4) is 11.5 Å². The van der Waals surface area contributed by atoms with Gasteiger partial charge in [-0.1, -0.05) is 63.3 Å². The zero-order valence-electron chi connectivity index (χ0n) is 25.9. The SMILES string of the molecule is CO[C@H]1/C=C/C=C/C=C/C[C@H](OC(=O)[C@@H](C)NC(=O)C(C)C)[C@@H](C)[C@@H](O)/C(C)=C/CCc2cc(O)cc(c2O)NC(=O)C1. The molecule has 5 atom stereocenters. The average Bonchev–Trinajstić information content (AvgIpc) is 2.95. The number of nitrogens with one attached hydrogen (secondary N) is 2. The molecule has 0 spiro atoms. The maximum Gasteiger partial charge on any atom is 0.328 e. The second-order valence-electron chi connectivity index (χ2n) is 11.1. The number of aromatic hydroxyl groups is 2. The number of fused-ring (bicyclic) bond motifs is 2. The van der Waals surface area contributed by atoms with Gasteiger partial charge in [-0.25, -0.2) is 4.79 Å². The highest BCUT2D eigenvalue weighted by Gasteiger charge is 2.30. The molecule has 1 aromatic rings. The van der Waals surface area contributed by atoms with E-state index in [1.165, 1.54) is 19.2 Å². The lowest BCUT2D eigenvalue weighted by Gasteiger charge is -2.29. The van der Waals surface area contributed by atoms with Crippen molar-refractivity contribution in [2.24, 2.45) is 11.8 Å². The molecule has 1 heterocycles. The lowest BCUT2D eigenvalue weighted by Crippen LogP contribution is -2.44. The number of benzene rings is 1. The fraction of sp³-hybridized carbons (Fsp3) is 0.485. The summed E-state index contributed by atoms with van der Waals surface area (Å²) >= 11 is 0. The summed E-state index contributed by atoms with van der Waals surface area (Å²) in [5, 5.41) is 37.5. The summed E-state index contributed by atoms with van der Waals surface area (Å²) in [6.07, 6.45) is 11.3. The number of carbonyl (C=O) groups is 3. The van der Waals surface area contributed by atoms with Gasteiger partial charge < -0.3 is 35.4 Å². The van der Waals surface area contributed by atoms with E-state index in [2.05, 4.69) is 10.6 Å². The number of aliphatic hydroxyl groups excluding tert-OH is 1. The molecular weight excluding hydrogens is 552 g/mol. The highest BCUT2D eigenvalue weighted by molar-refractivity contribution is 5.93. The highest BCUT2D eigenvalue weighted by atomic mass is 16.5. The Kier molecular flexibility index (Phi) is 14.2. The second kappa shape index (κ2) is 17.3. The minimum Gasteiger partial charge on any atom is -0.508 e. The van der Waals surface area contributed by atoms with E-state index in [1.54, 1.807) is 65.0 Å². The molecule has 43 heavy (non-hydrogen) atoms. The molecule has 2 amide bonds. The summed E-state index contributed by atoms with van der Waals surface area (Å²) in [4.78, 5) is 37.6. The van der Waals surface area contributed by atoms with E-state index < -0.39 is 42.1 Å². The Morgan fingerprint density at radius 2 is 1.79 bits per heavy atom. The number of rotatable bonds is 5. The number of aliphatic hydroxyl groups is 1. The third-order valence-electron chi connectivity index (χ3n) is 7.24. The van der Waals surface area contributed by atoms with Gasteiger partial charge in [-0.3, -0.25) is 9.59 Å². The minimum atomic E-state index is -0.946. The van der Waals surface area contributed by atoms with Crippen LogP contribution < -0.4 is 10.6 Å². The van der Waals surface area contributed by atoms with Crippen LogP contribution in [-0.2, 0) is 30.3 Å². The van der Waals surface area contributed by atoms with Gasteiger partial charge in [-0.2, -0.15) is 0 Å². The van der Waals surface area contributed by atoms with Crippen LogP contribution in [0.15, 0.2) is 60.2 Å². The van der Waals surface area contributed by atoms with Crippen LogP contribution in [0.2, 0.25) is 0 Å². The number of anilines is 1. The summed E-state index contributed by atoms with van der Waals surface area (Å²) in [6.45, 7) is 8.59. The van der Waals surface area contributed by atoms with Gasteiger partial charge in [-0.15, -0.1) is 0 Å². The third-order valence-corrected chi connectivity index (χ3v) is 7.24. The van der Waals surface area contributed by atoms with Gasteiger partial charge in [0.05, 0.1) is 24.3 Å². The van der Waals surface area contributed by atoms with Crippen molar-refractivity contribution in [1.29, 1.82) is 0 Å². The van der Waals surface area contributed by atoms with E-state index in [4.69, 9.17) is 9.47 Å². The molecule has 5 N–H and O–H groups in total. The van der Waals surface area contributed by atoms with E-state index in [0.717, 1.165) is 0 Å². The molecule has 0 saturated carbocycles. The molecule has 2 rings (SSSR count). The Morgan fingerprint density at radius 3 is 2.47 bits per heavy atom. The quantitative estimate of drug-likeness (QED) is 0.144. The first-order valence-electron chi connectivity index (χ1n) is 14.6. The van der Waals surface area contributed by atoms with Crippen molar-refractivity contribution in [2.45, 2.75) is 84.7 Å². The number of esters is 1. The first-order chi connectivity index (χ1) is 20.3. The van der Waals surface area contributed by atoms with Gasteiger partial charge in [0.2, 0.25) is 11.8 Å². The van der Waals surface area contributed by atoms with Crippen LogP contribution in [0.25, 0.3) is 0 Å². The summed E-state index contributed by atoms with van der Waals surface area (Å²) in [5.41, 5.74) is 1.16. The molecule has 1 aliphatic heterocycles. The third kappa shape index (κ3) is 11.4. The Labute approximate surface area is 254 Å². The van der Waals surface area contributed by atoms with Crippen LogP contribution in [0.3, 0.4) is 0 Å². The molecular formula is C33H46N2O8. The number of phenolic OH excluding ortho intramolecular Hbond substituents is 2. The molecule has 10 heteroatoms. The predicted octanol–water partition coefficient (Wildman–Crippen LogP) is 4.46. The molecule has 0 aliphatic carbocycles. The molecule has 1 aliphatic rings. The lowest BCUT2D eigenvalue weighted by atomic mass is 9.90. The fourth-order valence-corrected chi connectivity index (χ4v) is 4.44. The van der Waals surface area contributed by atoms with Crippen molar-refractivity contribution in [2.75, 3.05) is 12.4 Å². The smallest absolute Gasteiger partial charge is 0.328 e. The van der Waals surface area contributed by atoms with Gasteiger partial charge >= 0.3 is 5.97 Å². The van der Waals surface area contributed by atoms with Crippen molar-refractivity contribution in [3.63, 3.8) is 0 Å². The number of carbonyl (C=O) groups excluding carboxylic acids is 3. The molecule has 0 saturated heterocycles. The first-order valence-corrected chi connectivity index (χ1v) is 14.6. The largest absolute Gasteiger partial charge is 0.508 e. The van der Waals surface area contributed by atoms with Crippen LogP contribution in [0.1, 0.15) is 59.4 Å². The van der Waals surface area contributed by atoms with Crippen LogP contribution >= 0.6 is 0 Å². The molecule has 236 valence electrons. The Bertz CT molecular complexity index is 1230. The molecule has 2 bridgehead atoms. The number of hydrogen-bond acceptors (Lipinski definition) is 8. The average molecular weight is 599 g/mol. The first kappa shape index (κ1) is 35.3. The van der Waals surface area contributed by atoms with Gasteiger partial charge in [0.1, 0.15) is 23.6 Å². The van der Waals surface area contributed by atoms with Crippen molar-refractivity contribution >= 4 is 23.5 Å². The predicted molar refractivity (Wildman–Crippen MR) is 165 cm³/mol. The van der Waals surface area contributed by atoms with Crippen LogP contribution in [-0.4, -0.2) is 64.6 Å². The van der Waals surface area contributed by atoms with Gasteiger partial charge in [-0.05, 0) is 43.9 Å². The normalized spacial score (nSPS) is 26.5. The standard InChI is InChI=1S/C33H46N2O8/c1-20(2)32(40)34-23(5)33(41)43-28-16-11-9-7-8-10-15-26(42-6)19-29(37)35-27-18-25(36)17-24(31(27)39)14-12-13-21(3)30(38)22(28)4/h7-11,13,15,17-18,20,22-23,26,28,30,36,38-39H,12,14,16,19H2,1-6H3,(H,34,40)(H,35,37)/b8-7+,11-9+,15-10+,21-13+/t22-,23-,26+,28+,30+/m1/s1. The maximum absolute atomic E-state index is 12.9. The molecule has 0 fully saturated rings. The van der Waals surface area contributed by atoms with Crippen LogP contribution in [0, 0.1) is 11.8 Å². The number of amides is 2. The minimum absolute atomic E-state index is 0.0120. The Morgan fingerprint density at radius 1 is 1.09 bits per heavy atom. The summed E-state index contributed by atoms with van der Waals surface area (Å²) in [6, 6.07) is 1.85. The second-order valence-corrected chi connectivity index (χ2v) is 11.1. The topological polar surface area (TPSA) is 154 Å². The van der Waals surface area contributed by atoms with Crippen molar-refractivity contribution in [1.82, 2.24) is 5.32 Å². The Hall–Kier alpha value is -3.89. The highest BCUT2D eigenvalue weighted by Crippen LogP contribution is 2.34. The van der Waals surface area contributed by atoms with Crippen LogP contribution in [0.4, 0.5) is 5.69 Å². The van der Waals surface area contributed by atoms with E-state index >= 15 is 0 Å². The zero-order chi connectivity index (χ0) is 32.1. The monoisotopic (exact) mass is 598 g/mol. The molecule has 0 aromatic heterocycles. The van der Waals surface area contributed by atoms with Crippen molar-refractivity contribution < 1.29 is 39.2 Å². The van der Waals surface area contributed by atoms with Crippen molar-refractivity contribution in [3.05, 3.63) is 65.8 Å². The van der Waals surface area contributed by atoms with Crippen LogP contribution in [0.5, 0.6) is 11.5 Å². The lowest BCUT2D eigenvalue weighted by molar-refractivity contribution is -0.156. The number of allylic oxidation sites excluding steroid dienone is 5. The number of ether oxygens (including phenoxy) is 2. The molecule has 0 radical (unpaired) electrons. The van der Waals surface area contributed by atoms with Gasteiger partial charge in [0.25, 0.3) is 0 Å². The van der Waals surface area contributed by atoms with E-state index in [-0.39, 0.29) is 35.4 Å². The number of methoxy groups -OCH3 is 1. The molecule has 10 nitrogen and oxygen atoms in total. The van der Waals surface area contributed by atoms with Gasteiger partial charge in [0.15, 0.2) is 0 Å². The zero-order valence-corrected chi connectivity index (χ0v) is 25.9. The summed E-state index contributed by atoms with van der Waals surface area (Å²) < 4.78 is 11.2. The van der Waals surface area contributed by atoms with Gasteiger partial charge in [0, 0.05) is 31.4 Å². The fourth-order valence-electron chi connectivity index (χ4n) is 4.44. The number of hydrogen-bond donors (Lipinski definition) is 5.